The Kier molecular flexibility index (Phi) is 5.81. The molecule has 1 N–H and O–H groups in total. The van der Waals surface area contributed by atoms with Gasteiger partial charge in [0.15, 0.2) is 11.5 Å². The third-order valence-electron chi connectivity index (χ3n) is 5.45. The zero-order valence-corrected chi connectivity index (χ0v) is 18.3. The number of hydrogen-bond donors (Lipinski definition) is 1. The largest absolute Gasteiger partial charge is 0.494 e. The van der Waals surface area contributed by atoms with Crippen LogP contribution < -0.4 is 19.5 Å². The maximum atomic E-state index is 13.2. The molecule has 0 atom stereocenters. The molecular formula is C27H24N2O4. The average Bonchev–Trinajstić information content (AvgIpc) is 3.33. The molecule has 3 aromatic carbocycles. The first-order chi connectivity index (χ1) is 16.2. The summed E-state index contributed by atoms with van der Waals surface area (Å²) in [5.74, 6) is 2.05. The lowest BCUT2D eigenvalue weighted by Gasteiger charge is -2.12. The van der Waals surface area contributed by atoms with Gasteiger partial charge in [-0.1, -0.05) is 43.3 Å². The Morgan fingerprint density at radius 3 is 2.79 bits per heavy atom. The first-order valence-corrected chi connectivity index (χ1v) is 11.0. The van der Waals surface area contributed by atoms with Crippen LogP contribution in [0.5, 0.6) is 17.2 Å². The third-order valence-corrected chi connectivity index (χ3v) is 5.45. The Morgan fingerprint density at radius 2 is 1.88 bits per heavy atom. The van der Waals surface area contributed by atoms with E-state index in [1.807, 2.05) is 72.8 Å². The molecule has 1 amide bonds. The van der Waals surface area contributed by atoms with Crippen LogP contribution in [0.25, 0.3) is 22.2 Å². The molecule has 33 heavy (non-hydrogen) atoms. The number of pyridine rings is 1. The van der Waals surface area contributed by atoms with E-state index in [1.165, 1.54) is 0 Å². The molecule has 4 aromatic rings. The quantitative estimate of drug-likeness (QED) is 0.420. The molecule has 5 rings (SSSR count). The molecule has 0 aliphatic carbocycles. The van der Waals surface area contributed by atoms with Gasteiger partial charge in [0, 0.05) is 17.5 Å². The van der Waals surface area contributed by atoms with Crippen LogP contribution in [-0.2, 0) is 6.54 Å². The monoisotopic (exact) mass is 440 g/mol. The highest BCUT2D eigenvalue weighted by molar-refractivity contribution is 6.07. The van der Waals surface area contributed by atoms with Gasteiger partial charge in [-0.2, -0.15) is 0 Å². The molecule has 0 radical (unpaired) electrons. The second-order valence-corrected chi connectivity index (χ2v) is 7.82. The Bertz CT molecular complexity index is 1320. The van der Waals surface area contributed by atoms with Crippen molar-refractivity contribution in [3.05, 3.63) is 83.9 Å². The fraction of sp³-hybridized carbons (Fsp3) is 0.185. The molecule has 166 valence electrons. The van der Waals surface area contributed by atoms with Crippen molar-refractivity contribution in [1.29, 1.82) is 0 Å². The van der Waals surface area contributed by atoms with E-state index in [4.69, 9.17) is 19.2 Å². The number of aromatic nitrogens is 1. The topological polar surface area (TPSA) is 69.7 Å². The Labute approximate surface area is 192 Å². The molecular weight excluding hydrogens is 416 g/mol. The number of carbonyl (C=O) groups is 1. The summed E-state index contributed by atoms with van der Waals surface area (Å²) < 4.78 is 16.6. The molecule has 6 heteroatoms. The number of benzene rings is 3. The summed E-state index contributed by atoms with van der Waals surface area (Å²) in [6, 6.07) is 23.0. The van der Waals surface area contributed by atoms with Crippen molar-refractivity contribution in [3.63, 3.8) is 0 Å². The Hall–Kier alpha value is -4.06. The lowest BCUT2D eigenvalue weighted by Crippen LogP contribution is -2.23. The lowest BCUT2D eigenvalue weighted by atomic mass is 10.0. The molecule has 6 nitrogen and oxygen atoms in total. The first-order valence-electron chi connectivity index (χ1n) is 11.0. The average molecular weight is 440 g/mol. The van der Waals surface area contributed by atoms with Crippen molar-refractivity contribution >= 4 is 16.8 Å². The van der Waals surface area contributed by atoms with E-state index >= 15 is 0 Å². The number of hydrogen-bond acceptors (Lipinski definition) is 5. The molecule has 0 saturated carbocycles. The van der Waals surface area contributed by atoms with Crippen LogP contribution >= 0.6 is 0 Å². The molecule has 1 aromatic heterocycles. The summed E-state index contributed by atoms with van der Waals surface area (Å²) in [5.41, 5.74) is 3.91. The number of amides is 1. The van der Waals surface area contributed by atoms with Crippen LogP contribution in [0.4, 0.5) is 0 Å². The van der Waals surface area contributed by atoms with Gasteiger partial charge in [-0.15, -0.1) is 0 Å². The zero-order chi connectivity index (χ0) is 22.6. The minimum absolute atomic E-state index is 0.161. The fourth-order valence-corrected chi connectivity index (χ4v) is 3.80. The van der Waals surface area contributed by atoms with Crippen LogP contribution in [0.2, 0.25) is 0 Å². The molecule has 0 unspecified atom stereocenters. The number of rotatable bonds is 7. The summed E-state index contributed by atoms with van der Waals surface area (Å²) in [7, 11) is 0. The highest BCUT2D eigenvalue weighted by Gasteiger charge is 2.16. The number of nitrogens with zero attached hydrogens (tertiary/aromatic N) is 1. The van der Waals surface area contributed by atoms with Gasteiger partial charge in [-0.05, 0) is 48.4 Å². The highest BCUT2D eigenvalue weighted by atomic mass is 16.7. The van der Waals surface area contributed by atoms with Crippen LogP contribution in [0.15, 0.2) is 72.8 Å². The molecule has 1 aliphatic heterocycles. The number of fused-ring (bicyclic) bond motifs is 2. The number of ether oxygens (including phenoxy) is 3. The molecule has 0 bridgehead atoms. The van der Waals surface area contributed by atoms with E-state index in [9.17, 15) is 4.79 Å². The number of para-hydroxylation sites is 1. The summed E-state index contributed by atoms with van der Waals surface area (Å²) in [5, 5.41) is 3.84. The predicted octanol–water partition coefficient (Wildman–Crippen LogP) is 5.35. The maximum absolute atomic E-state index is 13.2. The summed E-state index contributed by atoms with van der Waals surface area (Å²) >= 11 is 0. The molecule has 0 saturated heterocycles. The van der Waals surface area contributed by atoms with Crippen molar-refractivity contribution in [3.8, 4) is 28.5 Å². The van der Waals surface area contributed by atoms with Gasteiger partial charge in [0.05, 0.1) is 23.4 Å². The lowest BCUT2D eigenvalue weighted by molar-refractivity contribution is 0.0952. The summed E-state index contributed by atoms with van der Waals surface area (Å²) in [6.45, 7) is 3.33. The van der Waals surface area contributed by atoms with E-state index < -0.39 is 0 Å². The van der Waals surface area contributed by atoms with Crippen LogP contribution in [0.1, 0.15) is 29.3 Å². The Balaban J connectivity index is 1.44. The van der Waals surface area contributed by atoms with E-state index in [1.54, 1.807) is 0 Å². The van der Waals surface area contributed by atoms with Gasteiger partial charge >= 0.3 is 0 Å². The van der Waals surface area contributed by atoms with E-state index in [2.05, 4.69) is 12.2 Å². The normalized spacial score (nSPS) is 12.0. The van der Waals surface area contributed by atoms with E-state index in [0.29, 0.717) is 24.5 Å². The molecule has 0 fully saturated rings. The maximum Gasteiger partial charge on any atom is 0.252 e. The third kappa shape index (κ3) is 4.46. The fourth-order valence-electron chi connectivity index (χ4n) is 3.80. The Morgan fingerprint density at radius 1 is 1.00 bits per heavy atom. The molecule has 2 heterocycles. The second-order valence-electron chi connectivity index (χ2n) is 7.82. The van der Waals surface area contributed by atoms with Gasteiger partial charge in [0.1, 0.15) is 5.75 Å². The van der Waals surface area contributed by atoms with Crippen molar-refractivity contribution in [2.45, 2.75) is 19.9 Å². The van der Waals surface area contributed by atoms with Crippen molar-refractivity contribution < 1.29 is 19.0 Å². The first kappa shape index (κ1) is 20.8. The smallest absolute Gasteiger partial charge is 0.252 e. The number of carbonyl (C=O) groups excluding carboxylic acids is 1. The van der Waals surface area contributed by atoms with Gasteiger partial charge in [-0.3, -0.25) is 4.79 Å². The van der Waals surface area contributed by atoms with E-state index in [0.717, 1.165) is 45.6 Å². The summed E-state index contributed by atoms with van der Waals surface area (Å²) in [6.07, 6.45) is 0.937. The summed E-state index contributed by atoms with van der Waals surface area (Å²) in [4.78, 5) is 18.0. The zero-order valence-electron chi connectivity index (χ0n) is 18.3. The number of nitrogens with one attached hydrogen (secondary N) is 1. The predicted molar refractivity (Wildman–Crippen MR) is 127 cm³/mol. The van der Waals surface area contributed by atoms with Gasteiger partial charge in [0.25, 0.3) is 5.91 Å². The minimum Gasteiger partial charge on any atom is -0.494 e. The van der Waals surface area contributed by atoms with Crippen LogP contribution in [-0.4, -0.2) is 24.3 Å². The molecule has 0 spiro atoms. The van der Waals surface area contributed by atoms with Crippen molar-refractivity contribution in [2.24, 2.45) is 0 Å². The molecule has 1 aliphatic rings. The van der Waals surface area contributed by atoms with Crippen LogP contribution in [0.3, 0.4) is 0 Å². The van der Waals surface area contributed by atoms with Crippen molar-refractivity contribution in [2.75, 3.05) is 13.4 Å². The van der Waals surface area contributed by atoms with Gasteiger partial charge in [-0.25, -0.2) is 4.98 Å². The standard InChI is InChI=1S/C27H24N2O4/c1-2-12-31-20-7-5-6-19(14-20)24-15-22(21-8-3-4-9-23(21)29-24)27(30)28-16-18-10-11-25-26(13-18)33-17-32-25/h3-11,13-15H,2,12,16-17H2,1H3,(H,28,30). The van der Waals surface area contributed by atoms with Gasteiger partial charge in [0.2, 0.25) is 6.79 Å². The minimum atomic E-state index is -0.161. The van der Waals surface area contributed by atoms with E-state index in [-0.39, 0.29) is 12.7 Å². The van der Waals surface area contributed by atoms with Crippen molar-refractivity contribution in [1.82, 2.24) is 10.3 Å². The van der Waals surface area contributed by atoms with Crippen LogP contribution in [0, 0.1) is 0 Å². The second kappa shape index (κ2) is 9.20. The SMILES string of the molecule is CCCOc1cccc(-c2cc(C(=O)NCc3ccc4c(c3)OCO4)c3ccccc3n2)c1. The highest BCUT2D eigenvalue weighted by Crippen LogP contribution is 2.32. The van der Waals surface area contributed by atoms with Gasteiger partial charge < -0.3 is 19.5 Å².